The fourth-order valence-electron chi connectivity index (χ4n) is 0. The van der Waals surface area contributed by atoms with Crippen LogP contribution >= 0.6 is 0 Å². The number of halogens is 2. The summed E-state index contributed by atoms with van der Waals surface area (Å²) in [6, 6.07) is 0. The second kappa shape index (κ2) is 18.3. The van der Waals surface area contributed by atoms with Crippen molar-refractivity contribution in [2.24, 2.45) is 0 Å². The van der Waals surface area contributed by atoms with Crippen LogP contribution in [0.1, 0.15) is 0 Å². The molecule has 0 N–H and O–H groups in total. The van der Waals surface area contributed by atoms with Gasteiger partial charge in [-0.15, -0.1) is 0 Å². The largest absolute Gasteiger partial charge is 2.00 e. The van der Waals surface area contributed by atoms with E-state index in [4.69, 9.17) is 0 Å². The zero-order valence-electron chi connectivity index (χ0n) is 2.46. The Labute approximate surface area is 76.4 Å². The maximum Gasteiger partial charge on any atom is 2.00 e. The van der Waals surface area contributed by atoms with Gasteiger partial charge in [-0.25, -0.2) is 0 Å². The van der Waals surface area contributed by atoms with Gasteiger partial charge >= 0.3 is 52.6 Å². The van der Waals surface area contributed by atoms with E-state index < -0.39 is 0 Å². The van der Waals surface area contributed by atoms with E-state index in [1.54, 1.807) is 0 Å². The van der Waals surface area contributed by atoms with E-state index in [1.165, 1.54) is 0 Å². The molecule has 0 saturated carbocycles. The molecule has 4 heteroatoms. The summed E-state index contributed by atoms with van der Waals surface area (Å²) in [5.74, 6) is 0. The summed E-state index contributed by atoms with van der Waals surface area (Å²) in [6.45, 7) is 0. The van der Waals surface area contributed by atoms with Gasteiger partial charge in [0.1, 0.15) is 0 Å². The van der Waals surface area contributed by atoms with Gasteiger partial charge in [0.05, 0.1) is 0 Å². The molecule has 0 aliphatic carbocycles. The summed E-state index contributed by atoms with van der Waals surface area (Å²) < 4.78 is 0. The second-order valence-electron chi connectivity index (χ2n) is 0. The molecule has 0 spiro atoms. The first-order valence-corrected chi connectivity index (χ1v) is 0. The molecule has 0 bridgehead atoms. The van der Waals surface area contributed by atoms with Gasteiger partial charge in [0.15, 0.2) is 0 Å². The molecule has 16 valence electrons. The van der Waals surface area contributed by atoms with Crippen molar-refractivity contribution in [3.63, 3.8) is 0 Å². The van der Waals surface area contributed by atoms with Crippen LogP contribution in [0.2, 0.25) is 0 Å². The molecule has 0 aliphatic heterocycles. The molecule has 0 aromatic heterocycles. The van der Waals surface area contributed by atoms with Crippen molar-refractivity contribution in [1.29, 1.82) is 0 Å². The maximum atomic E-state index is 0. The fourth-order valence-corrected chi connectivity index (χ4v) is 0. The Kier molecular flexibility index (Phi) is 151. The van der Waals surface area contributed by atoms with Crippen LogP contribution in [-0.4, -0.2) is 23.1 Å². The normalized spacial score (nSPS) is 0. The van der Waals surface area contributed by atoms with Crippen molar-refractivity contribution in [3.8, 4) is 0 Å². The average Bonchev–Trinajstić information content (AvgIpc) is 0. The van der Waals surface area contributed by atoms with E-state index in [0.717, 1.165) is 0 Å². The molecular weight excluding hydrogens is 118 g/mol. The van der Waals surface area contributed by atoms with Crippen molar-refractivity contribution < 1.29 is 54.4 Å². The molecule has 0 aromatic carbocycles. The van der Waals surface area contributed by atoms with Crippen molar-refractivity contribution in [2.75, 3.05) is 0 Å². The smallest absolute Gasteiger partial charge is 1.00 e. The molecule has 0 fully saturated rings. The zero-order chi connectivity index (χ0) is 0. The first kappa shape index (κ1) is 33.0. The van der Waals surface area contributed by atoms with Crippen molar-refractivity contribution >= 4 is 23.1 Å². The molecule has 0 rings (SSSR count). The Morgan fingerprint density at radius 2 is 0.750 bits per heavy atom. The van der Waals surface area contributed by atoms with Crippen LogP contribution < -0.4 is 54.4 Å². The Morgan fingerprint density at radius 1 is 0.750 bits per heavy atom. The van der Waals surface area contributed by atoms with Crippen LogP contribution in [-0.2, 0) is 0 Å². The van der Waals surface area contributed by atoms with Crippen molar-refractivity contribution in [3.05, 3.63) is 0 Å². The summed E-state index contributed by atoms with van der Waals surface area (Å²) in [5, 5.41) is 0. The minimum Gasteiger partial charge on any atom is -1.00 e. The summed E-state index contributed by atoms with van der Waals surface area (Å²) in [5.41, 5.74) is 0. The molecule has 0 amide bonds. The van der Waals surface area contributed by atoms with Gasteiger partial charge in [0, 0.05) is 0 Å². The number of rotatable bonds is 0. The second-order valence-corrected chi connectivity index (χ2v) is 0. The SMILES string of the molecule is [Cl-].[Cl-].[Mg+2].[Na+]. The topological polar surface area (TPSA) is 0 Å². The van der Waals surface area contributed by atoms with Gasteiger partial charge in [-0.3, -0.25) is 0 Å². The van der Waals surface area contributed by atoms with Gasteiger partial charge in [-0.1, -0.05) is 0 Å². The quantitative estimate of drug-likeness (QED) is 0.277. The molecule has 4 heavy (non-hydrogen) atoms. The van der Waals surface area contributed by atoms with Gasteiger partial charge in [0.25, 0.3) is 0 Å². The predicted octanol–water partition coefficient (Wildman–Crippen LogP) is -9.37. The Bertz CT molecular complexity index is 6.00. The molecule has 0 aliphatic rings. The van der Waals surface area contributed by atoms with E-state index in [-0.39, 0.29) is 77.4 Å². The average molecular weight is 118 g/mol. The Hall–Kier alpha value is 2.35. The standard InChI is InChI=1S/2ClH.Mg.Na/h2*1H;;/q;;+2;+1/p-2. The van der Waals surface area contributed by atoms with Crippen molar-refractivity contribution in [2.45, 2.75) is 0 Å². The van der Waals surface area contributed by atoms with Gasteiger partial charge in [-0.05, 0) is 0 Å². The molecule has 0 aromatic rings. The molecule has 0 heterocycles. The monoisotopic (exact) mass is 117 g/mol. The summed E-state index contributed by atoms with van der Waals surface area (Å²) >= 11 is 0. The summed E-state index contributed by atoms with van der Waals surface area (Å²) in [7, 11) is 0. The van der Waals surface area contributed by atoms with Crippen LogP contribution in [0.5, 0.6) is 0 Å². The molecule has 0 nitrogen and oxygen atoms in total. The van der Waals surface area contributed by atoms with E-state index in [9.17, 15) is 0 Å². The summed E-state index contributed by atoms with van der Waals surface area (Å²) in [6.07, 6.45) is 0. The molecule has 0 radical (unpaired) electrons. The minimum absolute atomic E-state index is 0. The zero-order valence-corrected chi connectivity index (χ0v) is 7.39. The van der Waals surface area contributed by atoms with E-state index in [2.05, 4.69) is 0 Å². The Balaban J connectivity index is 0. The minimum atomic E-state index is 0. The van der Waals surface area contributed by atoms with E-state index >= 15 is 0 Å². The molecule has 0 saturated heterocycles. The third-order valence-electron chi connectivity index (χ3n) is 0. The van der Waals surface area contributed by atoms with Crippen LogP contribution in [0.15, 0.2) is 0 Å². The third-order valence-corrected chi connectivity index (χ3v) is 0. The van der Waals surface area contributed by atoms with Crippen molar-refractivity contribution in [1.82, 2.24) is 0 Å². The molecule has 0 atom stereocenters. The van der Waals surface area contributed by atoms with E-state index in [0.29, 0.717) is 0 Å². The third kappa shape index (κ3) is 8.84. The van der Waals surface area contributed by atoms with Crippen LogP contribution in [0, 0.1) is 0 Å². The van der Waals surface area contributed by atoms with Gasteiger partial charge in [0.2, 0.25) is 0 Å². The fraction of sp³-hybridized carbons (Fsp3) is 0. The number of hydrogen-bond acceptors (Lipinski definition) is 0. The predicted molar refractivity (Wildman–Crippen MR) is 5.75 cm³/mol. The van der Waals surface area contributed by atoms with Gasteiger partial charge < -0.3 is 24.8 Å². The Morgan fingerprint density at radius 3 is 0.750 bits per heavy atom. The van der Waals surface area contributed by atoms with E-state index in [1.807, 2.05) is 0 Å². The first-order valence-electron chi connectivity index (χ1n) is 0. The first-order chi connectivity index (χ1) is 0. The summed E-state index contributed by atoms with van der Waals surface area (Å²) in [4.78, 5) is 0. The molecular formula is Cl2MgNa+. The van der Waals surface area contributed by atoms with Gasteiger partial charge in [-0.2, -0.15) is 0 Å². The van der Waals surface area contributed by atoms with Crippen LogP contribution in [0.4, 0.5) is 0 Å². The maximum absolute atomic E-state index is 0. The number of hydrogen-bond donors (Lipinski definition) is 0. The van der Waals surface area contributed by atoms with Crippen LogP contribution in [0.25, 0.3) is 0 Å². The van der Waals surface area contributed by atoms with Crippen LogP contribution in [0.3, 0.4) is 0 Å². The molecule has 0 unspecified atom stereocenters.